The minimum Gasteiger partial charge on any atom is -0.255 e. The fourth-order valence-electron chi connectivity index (χ4n) is 1.12. The highest BCUT2D eigenvalue weighted by Crippen LogP contribution is 2.26. The van der Waals surface area contributed by atoms with Crippen LogP contribution in [-0.4, -0.2) is 10.5 Å². The molecule has 1 aliphatic rings. The summed E-state index contributed by atoms with van der Waals surface area (Å²) in [5.74, 6) is 0. The minimum absolute atomic E-state index is 0.222. The van der Waals surface area contributed by atoms with Crippen molar-refractivity contribution in [2.75, 3.05) is 0 Å². The maximum atomic E-state index is 4.20. The van der Waals surface area contributed by atoms with Gasteiger partial charge in [-0.2, -0.15) is 10.2 Å². The molecule has 0 saturated heterocycles. The van der Waals surface area contributed by atoms with Crippen LogP contribution in [0.4, 0.5) is 5.69 Å². The van der Waals surface area contributed by atoms with Crippen molar-refractivity contribution in [2.45, 2.75) is 19.4 Å². The SMILES string of the molecule is CC1(C)C=Cc2ncccc2N=N1. The van der Waals surface area contributed by atoms with E-state index in [1.54, 1.807) is 6.20 Å². The number of pyridine rings is 1. The zero-order chi connectivity index (χ0) is 9.31. The number of azo groups is 1. The predicted molar refractivity (Wildman–Crippen MR) is 51.9 cm³/mol. The van der Waals surface area contributed by atoms with E-state index in [2.05, 4.69) is 15.2 Å². The van der Waals surface area contributed by atoms with Crippen molar-refractivity contribution in [3.05, 3.63) is 30.1 Å². The van der Waals surface area contributed by atoms with E-state index in [-0.39, 0.29) is 5.54 Å². The van der Waals surface area contributed by atoms with E-state index in [0.717, 1.165) is 11.4 Å². The molecule has 1 aromatic heterocycles. The van der Waals surface area contributed by atoms with Gasteiger partial charge in [0.1, 0.15) is 5.69 Å². The monoisotopic (exact) mass is 173 g/mol. The Bertz CT molecular complexity index is 343. The highest BCUT2D eigenvalue weighted by atomic mass is 15.2. The molecular weight excluding hydrogens is 162 g/mol. The summed E-state index contributed by atoms with van der Waals surface area (Å²) in [6.45, 7) is 4.03. The van der Waals surface area contributed by atoms with Gasteiger partial charge in [0.05, 0.1) is 11.2 Å². The lowest BCUT2D eigenvalue weighted by molar-refractivity contribution is 0.625. The third-order valence-electron chi connectivity index (χ3n) is 1.88. The van der Waals surface area contributed by atoms with Gasteiger partial charge in [0.15, 0.2) is 0 Å². The second-order valence-electron chi connectivity index (χ2n) is 3.59. The molecule has 0 spiro atoms. The third-order valence-corrected chi connectivity index (χ3v) is 1.88. The molecule has 0 radical (unpaired) electrons. The molecule has 1 aliphatic heterocycles. The molecule has 0 aliphatic carbocycles. The van der Waals surface area contributed by atoms with Crippen LogP contribution in [0, 0.1) is 0 Å². The van der Waals surface area contributed by atoms with E-state index in [1.165, 1.54) is 0 Å². The number of hydrogen-bond donors (Lipinski definition) is 0. The van der Waals surface area contributed by atoms with Gasteiger partial charge in [-0.1, -0.05) is 6.08 Å². The van der Waals surface area contributed by atoms with Gasteiger partial charge in [-0.3, -0.25) is 4.98 Å². The van der Waals surface area contributed by atoms with E-state index in [4.69, 9.17) is 0 Å². The molecule has 0 amide bonds. The summed E-state index contributed by atoms with van der Waals surface area (Å²) in [4.78, 5) is 4.20. The smallest absolute Gasteiger partial charge is 0.111 e. The van der Waals surface area contributed by atoms with Crippen LogP contribution in [-0.2, 0) is 0 Å². The van der Waals surface area contributed by atoms with Crippen LogP contribution in [0.25, 0.3) is 6.08 Å². The Balaban J connectivity index is 2.53. The zero-order valence-corrected chi connectivity index (χ0v) is 7.73. The van der Waals surface area contributed by atoms with Gasteiger partial charge in [0.2, 0.25) is 0 Å². The van der Waals surface area contributed by atoms with E-state index in [0.29, 0.717) is 0 Å². The van der Waals surface area contributed by atoms with Crippen molar-refractivity contribution in [1.29, 1.82) is 0 Å². The number of rotatable bonds is 0. The highest BCUT2D eigenvalue weighted by Gasteiger charge is 2.15. The quantitative estimate of drug-likeness (QED) is 0.594. The van der Waals surface area contributed by atoms with Crippen LogP contribution in [0.2, 0.25) is 0 Å². The zero-order valence-electron chi connectivity index (χ0n) is 7.73. The fraction of sp³-hybridized carbons (Fsp3) is 0.300. The van der Waals surface area contributed by atoms with Gasteiger partial charge >= 0.3 is 0 Å². The molecule has 13 heavy (non-hydrogen) atoms. The summed E-state index contributed by atoms with van der Waals surface area (Å²) in [6, 6.07) is 3.78. The number of nitrogens with zero attached hydrogens (tertiary/aromatic N) is 3. The summed E-state index contributed by atoms with van der Waals surface area (Å²) in [7, 11) is 0. The van der Waals surface area contributed by atoms with Gasteiger partial charge in [0, 0.05) is 6.20 Å². The van der Waals surface area contributed by atoms with Gasteiger partial charge in [-0.15, -0.1) is 0 Å². The molecule has 0 bridgehead atoms. The number of fused-ring (bicyclic) bond motifs is 1. The molecule has 0 fully saturated rings. The molecular formula is C10H11N3. The first-order chi connectivity index (χ1) is 6.17. The van der Waals surface area contributed by atoms with Gasteiger partial charge < -0.3 is 0 Å². The van der Waals surface area contributed by atoms with Crippen LogP contribution in [0.15, 0.2) is 34.6 Å². The first-order valence-electron chi connectivity index (χ1n) is 4.25. The van der Waals surface area contributed by atoms with Crippen molar-refractivity contribution in [2.24, 2.45) is 10.2 Å². The van der Waals surface area contributed by atoms with Crippen molar-refractivity contribution in [3.63, 3.8) is 0 Å². The second kappa shape index (κ2) is 2.76. The topological polar surface area (TPSA) is 37.6 Å². The minimum atomic E-state index is -0.222. The molecule has 3 heteroatoms. The van der Waals surface area contributed by atoms with E-state index in [9.17, 15) is 0 Å². The first-order valence-corrected chi connectivity index (χ1v) is 4.25. The maximum absolute atomic E-state index is 4.20. The normalized spacial score (nSPS) is 18.0. The summed E-state index contributed by atoms with van der Waals surface area (Å²) in [5, 5.41) is 8.33. The summed E-state index contributed by atoms with van der Waals surface area (Å²) < 4.78 is 0. The molecule has 1 aromatic rings. The molecule has 0 saturated carbocycles. The van der Waals surface area contributed by atoms with Crippen molar-refractivity contribution in [3.8, 4) is 0 Å². The lowest BCUT2D eigenvalue weighted by Gasteiger charge is -2.09. The Morgan fingerprint density at radius 3 is 3.00 bits per heavy atom. The van der Waals surface area contributed by atoms with Crippen LogP contribution >= 0.6 is 0 Å². The van der Waals surface area contributed by atoms with E-state index in [1.807, 2.05) is 38.1 Å². The number of aromatic nitrogens is 1. The molecule has 66 valence electrons. The van der Waals surface area contributed by atoms with Gasteiger partial charge in [0.25, 0.3) is 0 Å². The van der Waals surface area contributed by atoms with Crippen LogP contribution in [0.1, 0.15) is 19.5 Å². The molecule has 0 aromatic carbocycles. The van der Waals surface area contributed by atoms with Crippen molar-refractivity contribution >= 4 is 11.8 Å². The Labute approximate surface area is 77.2 Å². The lowest BCUT2D eigenvalue weighted by Crippen LogP contribution is -2.09. The average molecular weight is 173 g/mol. The average Bonchev–Trinajstić information content (AvgIpc) is 2.27. The Hall–Kier alpha value is -1.51. The van der Waals surface area contributed by atoms with Crippen molar-refractivity contribution < 1.29 is 0 Å². The molecule has 0 N–H and O–H groups in total. The van der Waals surface area contributed by atoms with Crippen molar-refractivity contribution in [1.82, 2.24) is 4.98 Å². The fourth-order valence-corrected chi connectivity index (χ4v) is 1.12. The Morgan fingerprint density at radius 1 is 1.31 bits per heavy atom. The van der Waals surface area contributed by atoms with Gasteiger partial charge in [-0.25, -0.2) is 0 Å². The number of hydrogen-bond acceptors (Lipinski definition) is 3. The largest absolute Gasteiger partial charge is 0.255 e. The van der Waals surface area contributed by atoms with E-state index < -0.39 is 0 Å². The molecule has 0 unspecified atom stereocenters. The molecule has 2 heterocycles. The first kappa shape index (κ1) is 8.10. The second-order valence-corrected chi connectivity index (χ2v) is 3.59. The highest BCUT2D eigenvalue weighted by molar-refractivity contribution is 5.61. The van der Waals surface area contributed by atoms with E-state index >= 15 is 0 Å². The van der Waals surface area contributed by atoms with Gasteiger partial charge in [-0.05, 0) is 32.1 Å². The summed E-state index contributed by atoms with van der Waals surface area (Å²) >= 11 is 0. The molecule has 0 atom stereocenters. The summed E-state index contributed by atoms with van der Waals surface area (Å²) in [5.41, 5.74) is 1.50. The predicted octanol–water partition coefficient (Wildman–Crippen LogP) is 2.97. The van der Waals surface area contributed by atoms with Crippen LogP contribution in [0.5, 0.6) is 0 Å². The lowest BCUT2D eigenvalue weighted by atomic mass is 10.1. The van der Waals surface area contributed by atoms with Crippen LogP contribution < -0.4 is 0 Å². The maximum Gasteiger partial charge on any atom is 0.111 e. The Kier molecular flexibility index (Phi) is 1.72. The van der Waals surface area contributed by atoms with Crippen LogP contribution in [0.3, 0.4) is 0 Å². The third kappa shape index (κ3) is 1.64. The summed E-state index contributed by atoms with van der Waals surface area (Å²) in [6.07, 6.45) is 5.74. The molecule has 3 nitrogen and oxygen atoms in total. The standard InChI is InChI=1S/C10H11N3/c1-10(2)6-5-8-9(12-13-10)4-3-7-11-8/h3-7H,1-2H3. The molecule has 2 rings (SSSR count). The Morgan fingerprint density at radius 2 is 2.15 bits per heavy atom.